The van der Waals surface area contributed by atoms with Crippen LogP contribution in [0, 0.1) is 17.3 Å². The molecule has 4 aromatic rings. The SMILES string of the molecule is CCn1c(-c2cccnc2COC)c2c3cc(ccc31)-c1cc(O)cc(c1)C[C@H](NC(=O)[C@H](C(C)C)N(C)C(=O)[C@H]1CCN(C(C)=O)C1)C(=O)N1CCC[C@H](N1)C(=O)OCC(C)(C)C2.S.S.S.S. The van der Waals surface area contributed by atoms with Gasteiger partial charge in [0.05, 0.1) is 30.5 Å². The Morgan fingerprint density at radius 1 is 1.03 bits per heavy atom. The monoisotopic (exact) mass is 1010 g/mol. The largest absolute Gasteiger partial charge is 0.508 e. The Morgan fingerprint density at radius 3 is 2.43 bits per heavy atom. The number of hydrogen-bond acceptors (Lipinski definition) is 10. The summed E-state index contributed by atoms with van der Waals surface area (Å²) in [6.07, 6.45) is 3.77. The molecule has 6 bridgehead atoms. The van der Waals surface area contributed by atoms with Gasteiger partial charge in [0.2, 0.25) is 17.7 Å². The maximum absolute atomic E-state index is 14.7. The molecule has 68 heavy (non-hydrogen) atoms. The molecule has 7 rings (SSSR count). The number of pyridine rings is 1. The van der Waals surface area contributed by atoms with Gasteiger partial charge >= 0.3 is 5.97 Å². The summed E-state index contributed by atoms with van der Waals surface area (Å²) in [7, 11) is 3.25. The van der Waals surface area contributed by atoms with Crippen molar-refractivity contribution in [1.29, 1.82) is 0 Å². The lowest BCUT2D eigenvalue weighted by molar-refractivity contribution is -0.155. The zero-order valence-electron chi connectivity index (χ0n) is 40.4. The number of benzene rings is 2. The number of nitrogens with one attached hydrogen (secondary N) is 2. The van der Waals surface area contributed by atoms with Gasteiger partial charge < -0.3 is 34.3 Å². The van der Waals surface area contributed by atoms with Crippen molar-refractivity contribution in [2.24, 2.45) is 17.3 Å². The molecule has 15 nitrogen and oxygen atoms in total. The average Bonchev–Trinajstić information content (AvgIpc) is 3.88. The third kappa shape index (κ3) is 12.5. The summed E-state index contributed by atoms with van der Waals surface area (Å²) in [5, 5.41) is 16.7. The van der Waals surface area contributed by atoms with E-state index in [1.807, 2.05) is 32.0 Å². The first-order valence-corrected chi connectivity index (χ1v) is 22.5. The number of carbonyl (C=O) groups excluding carboxylic acids is 5. The van der Waals surface area contributed by atoms with E-state index in [2.05, 4.69) is 54.3 Å². The van der Waals surface area contributed by atoms with Crippen molar-refractivity contribution in [3.05, 3.63) is 71.5 Å². The van der Waals surface area contributed by atoms with Crippen molar-refractivity contribution < 1.29 is 38.6 Å². The fourth-order valence-electron chi connectivity index (χ4n) is 9.77. The Hall–Kier alpha value is -4.40. The van der Waals surface area contributed by atoms with Crippen LogP contribution in [0.25, 0.3) is 33.3 Å². The molecule has 2 fully saturated rings. The lowest BCUT2D eigenvalue weighted by Crippen LogP contribution is -2.62. The number of likely N-dealkylation sites (N-methyl/N-ethyl adjacent to an activating group) is 1. The van der Waals surface area contributed by atoms with Crippen LogP contribution < -0.4 is 10.7 Å². The summed E-state index contributed by atoms with van der Waals surface area (Å²) in [4.78, 5) is 76.7. The molecule has 2 aromatic carbocycles. The predicted octanol–water partition coefficient (Wildman–Crippen LogP) is 5.69. The summed E-state index contributed by atoms with van der Waals surface area (Å²) in [6, 6.07) is 12.5. The number of hydrogen-bond donors (Lipinski definition) is 3. The first-order chi connectivity index (χ1) is 30.5. The van der Waals surface area contributed by atoms with E-state index in [9.17, 15) is 29.1 Å². The second kappa shape index (κ2) is 24.4. The van der Waals surface area contributed by atoms with Crippen molar-refractivity contribution in [3.8, 4) is 28.1 Å². The van der Waals surface area contributed by atoms with Gasteiger partial charge in [0, 0.05) is 81.8 Å². The minimum atomic E-state index is -1.15. The van der Waals surface area contributed by atoms with Crippen LogP contribution in [-0.2, 0) is 59.4 Å². The fraction of sp³-hybridized carbons (Fsp3) is 0.510. The molecule has 19 heteroatoms. The number of nitrogens with zero attached hydrogens (tertiary/aromatic N) is 5. The third-order valence-corrected chi connectivity index (χ3v) is 12.9. The fourth-order valence-corrected chi connectivity index (χ4v) is 9.77. The van der Waals surface area contributed by atoms with Gasteiger partial charge in [-0.25, -0.2) is 5.43 Å². The van der Waals surface area contributed by atoms with E-state index in [0.29, 0.717) is 50.9 Å². The van der Waals surface area contributed by atoms with E-state index in [0.717, 1.165) is 44.5 Å². The summed E-state index contributed by atoms with van der Waals surface area (Å²) in [5.41, 5.74) is 9.57. The highest BCUT2D eigenvalue weighted by Crippen LogP contribution is 2.41. The van der Waals surface area contributed by atoms with Crippen molar-refractivity contribution in [2.75, 3.05) is 40.4 Å². The lowest BCUT2D eigenvalue weighted by Gasteiger charge is -2.37. The molecule has 3 aliphatic heterocycles. The number of rotatable bonds is 9. The number of esters is 1. The van der Waals surface area contributed by atoms with Crippen LogP contribution in [0.3, 0.4) is 0 Å². The Balaban J connectivity index is 0.00000306. The second-order valence-electron chi connectivity index (χ2n) is 18.7. The Morgan fingerprint density at radius 2 is 1.76 bits per heavy atom. The molecule has 3 N–H and O–H groups in total. The van der Waals surface area contributed by atoms with Crippen molar-refractivity contribution in [3.63, 3.8) is 0 Å². The third-order valence-electron chi connectivity index (χ3n) is 12.9. The maximum Gasteiger partial charge on any atom is 0.324 e. The van der Waals surface area contributed by atoms with Gasteiger partial charge in [-0.05, 0) is 97.2 Å². The summed E-state index contributed by atoms with van der Waals surface area (Å²) in [5.74, 6) is -2.59. The van der Waals surface area contributed by atoms with Gasteiger partial charge in [0.25, 0.3) is 5.91 Å². The highest BCUT2D eigenvalue weighted by atomic mass is 32.1. The van der Waals surface area contributed by atoms with Gasteiger partial charge in [-0.2, -0.15) is 54.0 Å². The smallest absolute Gasteiger partial charge is 0.324 e. The number of aryl methyl sites for hydroxylation is 1. The number of methoxy groups -OCH3 is 1. The number of aromatic nitrogens is 2. The van der Waals surface area contributed by atoms with Crippen LogP contribution in [-0.4, -0.2) is 118 Å². The van der Waals surface area contributed by atoms with E-state index in [4.69, 9.17) is 14.5 Å². The zero-order valence-corrected chi connectivity index (χ0v) is 44.4. The number of aromatic hydroxyl groups is 1. The van der Waals surface area contributed by atoms with Gasteiger partial charge in [0.1, 0.15) is 23.9 Å². The van der Waals surface area contributed by atoms with Crippen LogP contribution in [0.1, 0.15) is 77.6 Å². The molecule has 4 amide bonds. The first kappa shape index (κ1) is 57.9. The predicted molar refractivity (Wildman–Crippen MR) is 284 cm³/mol. The molecule has 0 saturated carbocycles. The van der Waals surface area contributed by atoms with E-state index >= 15 is 0 Å². The number of amides is 4. The number of hydrazine groups is 1. The number of likely N-dealkylation sites (tertiary alicyclic amines) is 1. The number of carbonyl (C=O) groups is 5. The number of phenolic OH excluding ortho intramolecular Hbond substituents is 1. The van der Waals surface area contributed by atoms with Gasteiger partial charge in [-0.15, -0.1) is 0 Å². The van der Waals surface area contributed by atoms with E-state index in [-0.39, 0.29) is 104 Å². The van der Waals surface area contributed by atoms with Crippen LogP contribution in [0.4, 0.5) is 0 Å². The standard InChI is InChI=1S/C49H63N7O8.4H2S/c1-9-55-42-15-14-32-24-37(42)38(44(55)36-12-10-17-50-41(36)27-63-8)25-49(5,6)28-64-48(62)39-13-11-18-56(52-39)47(61)40(22-31-20-34(32)23-35(58)21-31)51-45(59)43(29(2)3)53(7)46(60)33-16-19-54(26-33)30(4)57;;;;/h10,12,14-15,17,20-21,23-24,29,33,39-40,43,52,58H,9,11,13,16,18-19,22,25-28H2,1-8H3,(H,51,59);4*1H2/t33-,39-,40-,43-;;;;/m0..../s1. The molecule has 4 atom stereocenters. The number of fused-ring (bicyclic) bond motifs is 6. The Bertz CT molecular complexity index is 2450. The van der Waals surface area contributed by atoms with Crippen LogP contribution in [0.15, 0.2) is 54.7 Å². The molecule has 2 aromatic heterocycles. The molecule has 0 aliphatic carbocycles. The molecule has 3 aliphatic rings. The lowest BCUT2D eigenvalue weighted by atomic mass is 9.84. The van der Waals surface area contributed by atoms with Crippen molar-refractivity contribution in [2.45, 2.75) is 105 Å². The number of cyclic esters (lactones) is 1. The molecule has 374 valence electrons. The van der Waals surface area contributed by atoms with E-state index in [1.54, 1.807) is 37.4 Å². The van der Waals surface area contributed by atoms with Crippen LogP contribution in [0.5, 0.6) is 5.75 Å². The minimum Gasteiger partial charge on any atom is -0.508 e. The van der Waals surface area contributed by atoms with Gasteiger partial charge in [-0.1, -0.05) is 39.8 Å². The molecule has 5 heterocycles. The number of phenols is 1. The quantitative estimate of drug-likeness (QED) is 0.177. The first-order valence-electron chi connectivity index (χ1n) is 22.5. The van der Waals surface area contributed by atoms with Gasteiger partial charge in [-0.3, -0.25) is 34.0 Å². The molecular formula is C49H71N7O8S4. The summed E-state index contributed by atoms with van der Waals surface area (Å²) < 4.78 is 14.0. The Kier molecular flexibility index (Phi) is 20.8. The topological polar surface area (TPSA) is 176 Å². The second-order valence-corrected chi connectivity index (χ2v) is 18.7. The van der Waals surface area contributed by atoms with E-state index in [1.165, 1.54) is 16.8 Å². The van der Waals surface area contributed by atoms with Crippen molar-refractivity contribution in [1.82, 2.24) is 35.1 Å². The zero-order chi connectivity index (χ0) is 46.0. The van der Waals surface area contributed by atoms with Crippen LogP contribution in [0.2, 0.25) is 0 Å². The highest BCUT2D eigenvalue weighted by Gasteiger charge is 2.40. The highest BCUT2D eigenvalue weighted by molar-refractivity contribution is 7.59. The molecule has 0 spiro atoms. The summed E-state index contributed by atoms with van der Waals surface area (Å²) >= 11 is 0. The van der Waals surface area contributed by atoms with Gasteiger partial charge in [0.15, 0.2) is 0 Å². The molecule has 2 saturated heterocycles. The van der Waals surface area contributed by atoms with Crippen LogP contribution >= 0.6 is 54.0 Å². The normalized spacial score (nSPS) is 19.6. The molecule has 0 radical (unpaired) electrons. The average molecular weight is 1010 g/mol. The number of ether oxygens (including phenoxy) is 2. The maximum atomic E-state index is 14.7. The minimum absolute atomic E-state index is 0. The molecular weight excluding hydrogens is 943 g/mol. The summed E-state index contributed by atoms with van der Waals surface area (Å²) in [6.45, 7) is 13.6. The van der Waals surface area contributed by atoms with Crippen molar-refractivity contribution >= 4 is 94.5 Å². The molecule has 0 unspecified atom stereocenters. The van der Waals surface area contributed by atoms with E-state index < -0.39 is 47.2 Å². The Labute approximate surface area is 428 Å².